The molecule has 2 aromatic carbocycles. The fourth-order valence-corrected chi connectivity index (χ4v) is 1.96. The number of rotatable bonds is 6. The minimum Gasteiger partial charge on any atom is -0.488 e. The van der Waals surface area contributed by atoms with Crippen molar-refractivity contribution in [2.45, 2.75) is 13.0 Å². The average molecular weight is 300 g/mol. The predicted octanol–water partition coefficient (Wildman–Crippen LogP) is 2.68. The van der Waals surface area contributed by atoms with Crippen molar-refractivity contribution in [1.82, 2.24) is 0 Å². The van der Waals surface area contributed by atoms with Gasteiger partial charge >= 0.3 is 11.9 Å². The van der Waals surface area contributed by atoms with Crippen LogP contribution in [0.3, 0.4) is 0 Å². The first-order valence-electron chi connectivity index (χ1n) is 6.70. The summed E-state index contributed by atoms with van der Waals surface area (Å²) in [4.78, 5) is 22.3. The summed E-state index contributed by atoms with van der Waals surface area (Å²) in [6.45, 7) is 0.279. The lowest BCUT2D eigenvalue weighted by molar-refractivity contribution is -0.136. The van der Waals surface area contributed by atoms with E-state index in [4.69, 9.17) is 14.6 Å². The van der Waals surface area contributed by atoms with E-state index < -0.39 is 11.9 Å². The van der Waals surface area contributed by atoms with E-state index in [9.17, 15) is 9.59 Å². The van der Waals surface area contributed by atoms with Crippen LogP contribution in [-0.2, 0) is 22.6 Å². The number of carboxylic acids is 1. The van der Waals surface area contributed by atoms with Crippen LogP contribution < -0.4 is 4.74 Å². The van der Waals surface area contributed by atoms with E-state index in [0.717, 1.165) is 11.1 Å². The molecule has 0 aliphatic heterocycles. The van der Waals surface area contributed by atoms with Crippen molar-refractivity contribution in [2.75, 3.05) is 7.11 Å². The van der Waals surface area contributed by atoms with Crippen LogP contribution in [0.25, 0.3) is 0 Å². The molecular formula is C17H16O5. The van der Waals surface area contributed by atoms with Crippen molar-refractivity contribution in [2.24, 2.45) is 0 Å². The molecule has 5 heteroatoms. The third kappa shape index (κ3) is 4.09. The summed E-state index contributed by atoms with van der Waals surface area (Å²) in [6.07, 6.45) is -0.00763. The molecule has 0 saturated heterocycles. The van der Waals surface area contributed by atoms with Gasteiger partial charge in [-0.15, -0.1) is 0 Å². The van der Waals surface area contributed by atoms with Gasteiger partial charge in [0.1, 0.15) is 17.9 Å². The molecule has 0 heterocycles. The minimum atomic E-state index is -0.865. The summed E-state index contributed by atoms with van der Waals surface area (Å²) in [5.74, 6) is -0.868. The maximum Gasteiger partial charge on any atom is 0.341 e. The van der Waals surface area contributed by atoms with Crippen LogP contribution in [0.4, 0.5) is 0 Å². The zero-order valence-corrected chi connectivity index (χ0v) is 12.1. The largest absolute Gasteiger partial charge is 0.488 e. The number of carboxylic acid groups (broad SMARTS) is 1. The van der Waals surface area contributed by atoms with Crippen molar-refractivity contribution in [3.05, 3.63) is 65.2 Å². The summed E-state index contributed by atoms with van der Waals surface area (Å²) >= 11 is 0. The van der Waals surface area contributed by atoms with Crippen LogP contribution in [0, 0.1) is 0 Å². The number of ether oxygens (including phenoxy) is 2. The molecule has 5 nitrogen and oxygen atoms in total. The van der Waals surface area contributed by atoms with Crippen LogP contribution in [0.5, 0.6) is 5.75 Å². The monoisotopic (exact) mass is 300 g/mol. The molecule has 0 amide bonds. The predicted molar refractivity (Wildman–Crippen MR) is 79.9 cm³/mol. The van der Waals surface area contributed by atoms with Gasteiger partial charge in [0.05, 0.1) is 13.5 Å². The lowest BCUT2D eigenvalue weighted by Gasteiger charge is -2.10. The van der Waals surface area contributed by atoms with Crippen LogP contribution in [0.2, 0.25) is 0 Å². The minimum absolute atomic E-state index is 0.00763. The SMILES string of the molecule is COC(=O)c1ccccc1OCc1ccc(CC(=O)O)cc1. The molecule has 2 aromatic rings. The van der Waals surface area contributed by atoms with Crippen molar-refractivity contribution < 1.29 is 24.2 Å². The Kier molecular flexibility index (Phi) is 5.14. The van der Waals surface area contributed by atoms with E-state index >= 15 is 0 Å². The maximum atomic E-state index is 11.6. The number of esters is 1. The highest BCUT2D eigenvalue weighted by Crippen LogP contribution is 2.20. The topological polar surface area (TPSA) is 72.8 Å². The first-order valence-corrected chi connectivity index (χ1v) is 6.70. The Hall–Kier alpha value is -2.82. The lowest BCUT2D eigenvalue weighted by Crippen LogP contribution is -2.06. The van der Waals surface area contributed by atoms with Gasteiger partial charge in [0.25, 0.3) is 0 Å². The molecule has 1 N–H and O–H groups in total. The number of methoxy groups -OCH3 is 1. The van der Waals surface area contributed by atoms with E-state index in [-0.39, 0.29) is 13.0 Å². The van der Waals surface area contributed by atoms with Gasteiger partial charge in [0.15, 0.2) is 0 Å². The van der Waals surface area contributed by atoms with Crippen molar-refractivity contribution in [3.8, 4) is 5.75 Å². The van der Waals surface area contributed by atoms with Crippen LogP contribution in [-0.4, -0.2) is 24.2 Å². The molecule has 0 aromatic heterocycles. The van der Waals surface area contributed by atoms with Gasteiger partial charge in [-0.25, -0.2) is 4.79 Å². The van der Waals surface area contributed by atoms with Gasteiger partial charge in [-0.1, -0.05) is 36.4 Å². The van der Waals surface area contributed by atoms with Gasteiger partial charge in [-0.2, -0.15) is 0 Å². The van der Waals surface area contributed by atoms with Gasteiger partial charge in [0.2, 0.25) is 0 Å². The Morgan fingerprint density at radius 1 is 1.00 bits per heavy atom. The average Bonchev–Trinajstić information content (AvgIpc) is 2.53. The second-order valence-electron chi connectivity index (χ2n) is 4.66. The summed E-state index contributed by atoms with van der Waals surface area (Å²) in [7, 11) is 1.32. The molecular weight excluding hydrogens is 284 g/mol. The summed E-state index contributed by atoms with van der Waals surface area (Å²) in [5.41, 5.74) is 1.98. The Balaban J connectivity index is 2.04. The van der Waals surface area contributed by atoms with Gasteiger partial charge in [-0.05, 0) is 23.3 Å². The molecule has 0 atom stereocenters. The third-order valence-corrected chi connectivity index (χ3v) is 3.07. The molecule has 0 bridgehead atoms. The molecule has 114 valence electrons. The van der Waals surface area contributed by atoms with E-state index in [1.54, 1.807) is 48.5 Å². The van der Waals surface area contributed by atoms with Crippen molar-refractivity contribution >= 4 is 11.9 Å². The third-order valence-electron chi connectivity index (χ3n) is 3.07. The first kappa shape index (κ1) is 15.6. The number of aliphatic carboxylic acids is 1. The number of carbonyl (C=O) groups is 2. The molecule has 22 heavy (non-hydrogen) atoms. The fourth-order valence-electron chi connectivity index (χ4n) is 1.96. The second kappa shape index (κ2) is 7.26. The number of hydrogen-bond donors (Lipinski definition) is 1. The van der Waals surface area contributed by atoms with Gasteiger partial charge in [0, 0.05) is 0 Å². The highest BCUT2D eigenvalue weighted by atomic mass is 16.5. The molecule has 0 aliphatic carbocycles. The van der Waals surface area contributed by atoms with Gasteiger partial charge in [-0.3, -0.25) is 4.79 Å². The molecule has 0 spiro atoms. The smallest absolute Gasteiger partial charge is 0.341 e. The highest BCUT2D eigenvalue weighted by Gasteiger charge is 2.12. The number of hydrogen-bond acceptors (Lipinski definition) is 4. The molecule has 0 fully saturated rings. The van der Waals surface area contributed by atoms with E-state index in [0.29, 0.717) is 11.3 Å². The number of benzene rings is 2. The summed E-state index contributed by atoms with van der Waals surface area (Å²) in [6, 6.07) is 14.0. The van der Waals surface area contributed by atoms with E-state index in [2.05, 4.69) is 0 Å². The van der Waals surface area contributed by atoms with E-state index in [1.165, 1.54) is 7.11 Å². The fraction of sp³-hybridized carbons (Fsp3) is 0.176. The van der Waals surface area contributed by atoms with E-state index in [1.807, 2.05) is 0 Å². The zero-order valence-electron chi connectivity index (χ0n) is 12.1. The Morgan fingerprint density at radius 3 is 2.27 bits per heavy atom. The standard InChI is InChI=1S/C17H16O5/c1-21-17(20)14-4-2-3-5-15(14)22-11-13-8-6-12(7-9-13)10-16(18)19/h2-9H,10-11H2,1H3,(H,18,19). The molecule has 0 radical (unpaired) electrons. The first-order chi connectivity index (χ1) is 10.6. The molecule has 0 saturated carbocycles. The van der Waals surface area contributed by atoms with Crippen molar-refractivity contribution in [1.29, 1.82) is 0 Å². The zero-order chi connectivity index (χ0) is 15.9. The maximum absolute atomic E-state index is 11.6. The normalized spacial score (nSPS) is 10.0. The quantitative estimate of drug-likeness (QED) is 0.830. The van der Waals surface area contributed by atoms with Crippen LogP contribution in [0.1, 0.15) is 21.5 Å². The summed E-state index contributed by atoms with van der Waals surface area (Å²) in [5, 5.41) is 8.73. The Morgan fingerprint density at radius 2 is 1.64 bits per heavy atom. The molecule has 0 unspecified atom stereocenters. The number of carbonyl (C=O) groups excluding carboxylic acids is 1. The summed E-state index contributed by atoms with van der Waals surface area (Å²) < 4.78 is 10.4. The van der Waals surface area contributed by atoms with Crippen LogP contribution in [0.15, 0.2) is 48.5 Å². The lowest BCUT2D eigenvalue weighted by atomic mass is 10.1. The Labute approximate surface area is 128 Å². The molecule has 0 aliphatic rings. The molecule has 2 rings (SSSR count). The highest BCUT2D eigenvalue weighted by molar-refractivity contribution is 5.92. The Bertz CT molecular complexity index is 661. The van der Waals surface area contributed by atoms with Gasteiger partial charge < -0.3 is 14.6 Å². The van der Waals surface area contributed by atoms with Crippen LogP contribution >= 0.6 is 0 Å². The van der Waals surface area contributed by atoms with Crippen molar-refractivity contribution in [3.63, 3.8) is 0 Å². The number of para-hydroxylation sites is 1. The second-order valence-corrected chi connectivity index (χ2v) is 4.66.